The van der Waals surface area contributed by atoms with E-state index in [4.69, 9.17) is 9.47 Å². The smallest absolute Gasteiger partial charge is 0.336 e. The number of carbonyl (C=O) groups is 1. The molecule has 0 bridgehead atoms. The first-order valence-corrected chi connectivity index (χ1v) is 3.88. The van der Waals surface area contributed by atoms with Crippen molar-refractivity contribution in [3.63, 3.8) is 0 Å². The highest BCUT2D eigenvalue weighted by Crippen LogP contribution is 2.10. The molecule has 0 amide bonds. The Bertz CT molecular complexity index is 197. The van der Waals surface area contributed by atoms with Crippen LogP contribution in [0.3, 0.4) is 0 Å². The summed E-state index contributed by atoms with van der Waals surface area (Å²) in [6.45, 7) is 2.59. The molecule has 0 saturated carbocycles. The maximum atomic E-state index is 11.1. The first kappa shape index (κ1) is 9.22. The van der Waals surface area contributed by atoms with Crippen molar-refractivity contribution in [3.8, 4) is 0 Å². The van der Waals surface area contributed by atoms with Crippen molar-refractivity contribution in [2.24, 2.45) is 0 Å². The van der Waals surface area contributed by atoms with E-state index in [1.807, 2.05) is 0 Å². The molecule has 12 heavy (non-hydrogen) atoms. The lowest BCUT2D eigenvalue weighted by Crippen LogP contribution is -2.28. The highest BCUT2D eigenvalue weighted by atomic mass is 16.5. The van der Waals surface area contributed by atoms with Gasteiger partial charge in [-0.2, -0.15) is 0 Å². The van der Waals surface area contributed by atoms with Crippen LogP contribution in [0.25, 0.3) is 0 Å². The monoisotopic (exact) mass is 172 g/mol. The van der Waals surface area contributed by atoms with Crippen LogP contribution in [0.5, 0.6) is 0 Å². The third-order valence-electron chi connectivity index (χ3n) is 1.57. The van der Waals surface area contributed by atoms with Crippen LogP contribution in [0.4, 0.5) is 0 Å². The first-order valence-electron chi connectivity index (χ1n) is 3.88. The zero-order valence-electron chi connectivity index (χ0n) is 6.95. The van der Waals surface area contributed by atoms with Crippen LogP contribution in [-0.2, 0) is 14.3 Å². The van der Waals surface area contributed by atoms with Gasteiger partial charge in [0.2, 0.25) is 0 Å². The van der Waals surface area contributed by atoms with Crippen LogP contribution in [0.2, 0.25) is 0 Å². The molecule has 4 heteroatoms. The second kappa shape index (κ2) is 4.23. The molecule has 4 nitrogen and oxygen atoms in total. The average Bonchev–Trinajstić information content (AvgIpc) is 2.05. The molecule has 0 radical (unpaired) electrons. The molecule has 0 aromatic heterocycles. The van der Waals surface area contributed by atoms with E-state index in [-0.39, 0.29) is 6.61 Å². The number of hydrogen-bond donors (Lipinski definition) is 1. The second-order valence-electron chi connectivity index (χ2n) is 2.43. The Labute approximate surface area is 70.8 Å². The topological polar surface area (TPSA) is 55.8 Å². The van der Waals surface area contributed by atoms with Gasteiger partial charge in [-0.3, -0.25) is 0 Å². The lowest BCUT2D eigenvalue weighted by Gasteiger charge is -2.17. The molecule has 1 atom stereocenters. The van der Waals surface area contributed by atoms with Crippen molar-refractivity contribution in [2.75, 3.05) is 19.8 Å². The Balaban J connectivity index is 2.59. The van der Waals surface area contributed by atoms with Gasteiger partial charge in [0, 0.05) is 0 Å². The van der Waals surface area contributed by atoms with E-state index in [1.54, 1.807) is 13.0 Å². The summed E-state index contributed by atoms with van der Waals surface area (Å²) in [5.41, 5.74) is 0.308. The van der Waals surface area contributed by atoms with Crippen molar-refractivity contribution >= 4 is 5.97 Å². The molecule has 1 aliphatic heterocycles. The standard InChI is InChI=1S/C8H12O4/c1-2-12-8(10)6-3-4-11-5-7(6)9/h3,7,9H,2,4-5H2,1H3/t7-/m1/s1. The number of ether oxygens (including phenoxy) is 2. The van der Waals surface area contributed by atoms with Crippen molar-refractivity contribution in [1.82, 2.24) is 0 Å². The summed E-state index contributed by atoms with van der Waals surface area (Å²) in [6.07, 6.45) is 0.712. The van der Waals surface area contributed by atoms with E-state index in [1.165, 1.54) is 0 Å². The molecule has 0 aliphatic carbocycles. The highest BCUT2D eigenvalue weighted by Gasteiger charge is 2.22. The van der Waals surface area contributed by atoms with Gasteiger partial charge < -0.3 is 14.6 Å². The third kappa shape index (κ3) is 2.06. The molecule has 0 saturated heterocycles. The molecular weight excluding hydrogens is 160 g/mol. The predicted octanol–water partition coefficient (Wildman–Crippen LogP) is -0.133. The number of aliphatic hydroxyl groups is 1. The van der Waals surface area contributed by atoms with E-state index in [0.29, 0.717) is 18.8 Å². The molecule has 0 fully saturated rings. The first-order chi connectivity index (χ1) is 5.75. The van der Waals surface area contributed by atoms with Gasteiger partial charge in [0.25, 0.3) is 0 Å². The van der Waals surface area contributed by atoms with E-state index in [0.717, 1.165) is 0 Å². The minimum absolute atomic E-state index is 0.171. The molecule has 0 aromatic carbocycles. The van der Waals surface area contributed by atoms with Gasteiger partial charge in [-0.25, -0.2) is 4.79 Å². The Morgan fingerprint density at radius 3 is 3.25 bits per heavy atom. The summed E-state index contributed by atoms with van der Waals surface area (Å²) in [6, 6.07) is 0. The molecule has 0 aromatic rings. The SMILES string of the molecule is CCOC(=O)C1=CCOC[C@H]1O. The van der Waals surface area contributed by atoms with E-state index in [2.05, 4.69) is 0 Å². The third-order valence-corrected chi connectivity index (χ3v) is 1.57. The van der Waals surface area contributed by atoms with E-state index in [9.17, 15) is 9.90 Å². The number of carbonyl (C=O) groups excluding carboxylic acids is 1. The van der Waals surface area contributed by atoms with Gasteiger partial charge in [-0.05, 0) is 13.0 Å². The normalized spacial score (nSPS) is 23.2. The molecular formula is C8H12O4. The van der Waals surface area contributed by atoms with Crippen molar-refractivity contribution in [3.05, 3.63) is 11.6 Å². The molecule has 0 spiro atoms. The number of esters is 1. The highest BCUT2D eigenvalue weighted by molar-refractivity contribution is 5.89. The summed E-state index contributed by atoms with van der Waals surface area (Å²) in [7, 11) is 0. The zero-order chi connectivity index (χ0) is 8.97. The summed E-state index contributed by atoms with van der Waals surface area (Å²) in [4.78, 5) is 11.1. The zero-order valence-corrected chi connectivity index (χ0v) is 6.95. The Hall–Kier alpha value is -0.870. The predicted molar refractivity (Wildman–Crippen MR) is 41.5 cm³/mol. The van der Waals surface area contributed by atoms with E-state index < -0.39 is 12.1 Å². The summed E-state index contributed by atoms with van der Waals surface area (Å²) < 4.78 is 9.64. The van der Waals surface area contributed by atoms with Crippen LogP contribution in [-0.4, -0.2) is 37.0 Å². The summed E-state index contributed by atoms with van der Waals surface area (Å²) in [5.74, 6) is -0.451. The minimum Gasteiger partial charge on any atom is -0.463 e. The minimum atomic E-state index is -0.835. The molecule has 1 N–H and O–H groups in total. The molecule has 0 unspecified atom stereocenters. The van der Waals surface area contributed by atoms with Gasteiger partial charge in [-0.15, -0.1) is 0 Å². The molecule has 1 rings (SSSR count). The summed E-state index contributed by atoms with van der Waals surface area (Å²) in [5, 5.41) is 9.27. The van der Waals surface area contributed by atoms with Crippen LogP contribution >= 0.6 is 0 Å². The molecule has 1 heterocycles. The Morgan fingerprint density at radius 2 is 2.67 bits per heavy atom. The van der Waals surface area contributed by atoms with Gasteiger partial charge in [-0.1, -0.05) is 0 Å². The van der Waals surface area contributed by atoms with Crippen molar-refractivity contribution in [1.29, 1.82) is 0 Å². The second-order valence-corrected chi connectivity index (χ2v) is 2.43. The maximum Gasteiger partial charge on any atom is 0.336 e. The number of aliphatic hydroxyl groups excluding tert-OH is 1. The van der Waals surface area contributed by atoms with Crippen molar-refractivity contribution in [2.45, 2.75) is 13.0 Å². The van der Waals surface area contributed by atoms with Gasteiger partial charge >= 0.3 is 5.97 Å². The fourth-order valence-corrected chi connectivity index (χ4v) is 0.988. The van der Waals surface area contributed by atoms with E-state index >= 15 is 0 Å². The Morgan fingerprint density at radius 1 is 1.92 bits per heavy atom. The van der Waals surface area contributed by atoms with Crippen LogP contribution in [0.1, 0.15) is 6.92 Å². The van der Waals surface area contributed by atoms with Gasteiger partial charge in [0.05, 0.1) is 25.4 Å². The fourth-order valence-electron chi connectivity index (χ4n) is 0.988. The summed E-state index contributed by atoms with van der Waals surface area (Å²) >= 11 is 0. The lowest BCUT2D eigenvalue weighted by atomic mass is 10.1. The molecule has 68 valence electrons. The van der Waals surface area contributed by atoms with Crippen LogP contribution in [0.15, 0.2) is 11.6 Å². The average molecular weight is 172 g/mol. The van der Waals surface area contributed by atoms with Gasteiger partial charge in [0.1, 0.15) is 6.10 Å². The van der Waals surface area contributed by atoms with Gasteiger partial charge in [0.15, 0.2) is 0 Å². The van der Waals surface area contributed by atoms with Crippen LogP contribution in [0, 0.1) is 0 Å². The number of rotatable bonds is 2. The lowest BCUT2D eigenvalue weighted by molar-refractivity contribution is -0.140. The fraction of sp³-hybridized carbons (Fsp3) is 0.625. The quantitative estimate of drug-likeness (QED) is 0.589. The molecule has 1 aliphatic rings. The van der Waals surface area contributed by atoms with Crippen molar-refractivity contribution < 1.29 is 19.4 Å². The largest absolute Gasteiger partial charge is 0.463 e. The maximum absolute atomic E-state index is 11.1. The Kier molecular flexibility index (Phi) is 3.25. The number of hydrogen-bond acceptors (Lipinski definition) is 4. The van der Waals surface area contributed by atoms with Crippen LogP contribution < -0.4 is 0 Å².